The van der Waals surface area contributed by atoms with E-state index in [1.807, 2.05) is 13.8 Å². The number of hydrogen-bond donors (Lipinski definition) is 0. The minimum absolute atomic E-state index is 0.127. The highest BCUT2D eigenvalue weighted by atomic mass is 32.2. The summed E-state index contributed by atoms with van der Waals surface area (Å²) >= 11 is 1.47. The summed E-state index contributed by atoms with van der Waals surface area (Å²) in [4.78, 5) is 29.9. The lowest BCUT2D eigenvalue weighted by Gasteiger charge is -2.36. The Morgan fingerprint density at radius 3 is 2.37 bits per heavy atom. The zero-order valence-electron chi connectivity index (χ0n) is 15.8. The Hall–Kier alpha value is -1.65. The number of amides is 2. The van der Waals surface area contributed by atoms with E-state index in [-0.39, 0.29) is 19.0 Å². The molecule has 1 atom stereocenters. The number of hydrogen-bond acceptors (Lipinski definition) is 6. The van der Waals surface area contributed by atoms with Gasteiger partial charge >= 0.3 is 6.09 Å². The van der Waals surface area contributed by atoms with Crippen molar-refractivity contribution in [1.29, 1.82) is 0 Å². The number of nitrogens with zero attached hydrogens (tertiary/aromatic N) is 3. The third-order valence-electron chi connectivity index (χ3n) is 5.11. The average Bonchev–Trinajstić information content (AvgIpc) is 3.27. The lowest BCUT2D eigenvalue weighted by atomic mass is 10.2. The smallest absolute Gasteiger partial charge is 0.410 e. The minimum Gasteiger partial charge on any atom is -0.453 e. The largest absolute Gasteiger partial charge is 0.453 e. The number of carbonyl (C=O) groups is 2. The number of likely N-dealkylation sites (tertiary alicyclic amines) is 1. The molecule has 2 aliphatic heterocycles. The van der Waals surface area contributed by atoms with Crippen LogP contribution in [-0.4, -0.2) is 80.4 Å². The fourth-order valence-electron chi connectivity index (χ4n) is 3.72. The fourth-order valence-corrected chi connectivity index (χ4v) is 6.67. The highest BCUT2D eigenvalue weighted by Crippen LogP contribution is 2.28. The van der Waals surface area contributed by atoms with Gasteiger partial charge in [0.15, 0.2) is 0 Å². The molecule has 3 rings (SSSR count). The van der Waals surface area contributed by atoms with Crippen LogP contribution in [0.1, 0.15) is 22.6 Å². The number of carbonyl (C=O) groups excluding carboxylic acids is 2. The number of aryl methyl sites for hydroxylation is 2. The lowest BCUT2D eigenvalue weighted by molar-refractivity contribution is -0.136. The Morgan fingerprint density at radius 1 is 1.15 bits per heavy atom. The third kappa shape index (κ3) is 3.83. The quantitative estimate of drug-likeness (QED) is 0.745. The third-order valence-corrected chi connectivity index (χ3v) is 8.23. The van der Waals surface area contributed by atoms with Crippen molar-refractivity contribution in [2.75, 3.05) is 39.8 Å². The van der Waals surface area contributed by atoms with E-state index in [9.17, 15) is 18.0 Å². The van der Waals surface area contributed by atoms with Gasteiger partial charge in [0.1, 0.15) is 6.04 Å². The van der Waals surface area contributed by atoms with E-state index < -0.39 is 22.2 Å². The van der Waals surface area contributed by atoms with Gasteiger partial charge in [-0.1, -0.05) is 0 Å². The number of sulfonamides is 1. The summed E-state index contributed by atoms with van der Waals surface area (Å²) in [6, 6.07) is 1.20. The van der Waals surface area contributed by atoms with Crippen molar-refractivity contribution in [3.05, 3.63) is 15.8 Å². The maximum absolute atomic E-state index is 12.9. The first-order valence-electron chi connectivity index (χ1n) is 8.96. The molecule has 27 heavy (non-hydrogen) atoms. The minimum atomic E-state index is -3.55. The summed E-state index contributed by atoms with van der Waals surface area (Å²) in [7, 11) is -2.24. The topological polar surface area (TPSA) is 87.2 Å². The van der Waals surface area contributed by atoms with Crippen molar-refractivity contribution in [1.82, 2.24) is 14.1 Å². The van der Waals surface area contributed by atoms with Gasteiger partial charge in [-0.05, 0) is 32.8 Å². The second kappa shape index (κ2) is 7.76. The van der Waals surface area contributed by atoms with Crippen molar-refractivity contribution >= 4 is 33.4 Å². The van der Waals surface area contributed by atoms with Crippen molar-refractivity contribution in [3.8, 4) is 0 Å². The van der Waals surface area contributed by atoms with Gasteiger partial charge in [-0.2, -0.15) is 4.31 Å². The van der Waals surface area contributed by atoms with E-state index >= 15 is 0 Å². The van der Waals surface area contributed by atoms with Crippen LogP contribution in [0.5, 0.6) is 0 Å². The number of methoxy groups -OCH3 is 1. The summed E-state index contributed by atoms with van der Waals surface area (Å²) in [6.07, 6.45) is 0.881. The molecule has 2 aliphatic rings. The fraction of sp³-hybridized carbons (Fsp3) is 0.647. The molecule has 0 saturated carbocycles. The molecule has 0 aromatic carbocycles. The molecule has 1 unspecified atom stereocenters. The maximum Gasteiger partial charge on any atom is 0.410 e. The van der Waals surface area contributed by atoms with Crippen LogP contribution < -0.4 is 0 Å². The highest BCUT2D eigenvalue weighted by molar-refractivity contribution is 7.89. The predicted octanol–water partition coefficient (Wildman–Crippen LogP) is 1.43. The second-order valence-electron chi connectivity index (χ2n) is 6.83. The first-order valence-corrected chi connectivity index (χ1v) is 11.2. The molecule has 3 heterocycles. The molecule has 150 valence electrons. The van der Waals surface area contributed by atoms with E-state index in [0.717, 1.165) is 16.2 Å². The first-order chi connectivity index (χ1) is 12.8. The molecule has 2 fully saturated rings. The van der Waals surface area contributed by atoms with Crippen LogP contribution in [-0.2, 0) is 19.6 Å². The molecule has 1 aromatic rings. The summed E-state index contributed by atoms with van der Waals surface area (Å²) in [5.74, 6) is -0.127. The molecular weight excluding hydrogens is 390 g/mol. The SMILES string of the molecule is COC(=O)N1CCCC1C(=O)N1CCN(S(=O)(=O)c2cc(C)sc2C)CC1. The van der Waals surface area contributed by atoms with E-state index in [4.69, 9.17) is 4.74 Å². The Balaban J connectivity index is 1.66. The van der Waals surface area contributed by atoms with Crippen LogP contribution >= 0.6 is 11.3 Å². The van der Waals surface area contributed by atoms with Crippen LogP contribution in [0.15, 0.2) is 11.0 Å². The van der Waals surface area contributed by atoms with Gasteiger partial charge in [-0.3, -0.25) is 9.69 Å². The maximum atomic E-state index is 12.9. The zero-order chi connectivity index (χ0) is 19.8. The number of thiophene rings is 1. The molecule has 0 aliphatic carbocycles. The van der Waals surface area contributed by atoms with E-state index in [0.29, 0.717) is 31.0 Å². The monoisotopic (exact) mass is 415 g/mol. The number of piperazine rings is 1. The lowest BCUT2D eigenvalue weighted by Crippen LogP contribution is -2.55. The van der Waals surface area contributed by atoms with Crippen molar-refractivity contribution < 1.29 is 22.7 Å². The van der Waals surface area contributed by atoms with Gasteiger partial charge in [-0.15, -0.1) is 11.3 Å². The molecule has 1 aromatic heterocycles. The van der Waals surface area contributed by atoms with Gasteiger partial charge in [0.2, 0.25) is 15.9 Å². The molecular formula is C17H25N3O5S2. The van der Waals surface area contributed by atoms with Crippen LogP contribution in [0.2, 0.25) is 0 Å². The zero-order valence-corrected chi connectivity index (χ0v) is 17.4. The summed E-state index contributed by atoms with van der Waals surface area (Å²) in [5.41, 5.74) is 0. The van der Waals surface area contributed by atoms with Crippen molar-refractivity contribution in [3.63, 3.8) is 0 Å². The van der Waals surface area contributed by atoms with E-state index in [2.05, 4.69) is 0 Å². The summed E-state index contributed by atoms with van der Waals surface area (Å²) in [5, 5.41) is 0. The molecule has 10 heteroatoms. The first kappa shape index (κ1) is 20.1. The van der Waals surface area contributed by atoms with Crippen molar-refractivity contribution in [2.45, 2.75) is 37.6 Å². The molecule has 2 amide bonds. The Bertz CT molecular complexity index is 828. The molecule has 2 saturated heterocycles. The normalized spacial score (nSPS) is 21.5. The number of ether oxygens (including phenoxy) is 1. The Morgan fingerprint density at radius 2 is 1.81 bits per heavy atom. The van der Waals surface area contributed by atoms with Gasteiger partial charge in [-0.25, -0.2) is 13.2 Å². The molecule has 8 nitrogen and oxygen atoms in total. The van der Waals surface area contributed by atoms with Crippen LogP contribution in [0.3, 0.4) is 0 Å². The predicted molar refractivity (Wildman–Crippen MR) is 101 cm³/mol. The molecule has 0 radical (unpaired) electrons. The second-order valence-corrected chi connectivity index (χ2v) is 10.2. The van der Waals surface area contributed by atoms with Gasteiger partial charge in [0.05, 0.1) is 12.0 Å². The Kier molecular flexibility index (Phi) is 5.78. The van der Waals surface area contributed by atoms with Crippen LogP contribution in [0.4, 0.5) is 4.79 Å². The van der Waals surface area contributed by atoms with E-state index in [1.54, 1.807) is 11.0 Å². The van der Waals surface area contributed by atoms with Gasteiger partial charge in [0, 0.05) is 42.5 Å². The van der Waals surface area contributed by atoms with E-state index in [1.165, 1.54) is 27.7 Å². The Labute approximate surface area is 163 Å². The summed E-state index contributed by atoms with van der Waals surface area (Å²) < 4.78 is 32.0. The van der Waals surface area contributed by atoms with Crippen molar-refractivity contribution in [2.24, 2.45) is 0 Å². The standard InChI is InChI=1S/C17H25N3O5S2/c1-12-11-15(13(2)26-12)27(23,24)19-9-7-18(8-10-19)16(21)14-5-4-6-20(14)17(22)25-3/h11,14H,4-10H2,1-3H3. The average molecular weight is 416 g/mol. The molecule has 0 N–H and O–H groups in total. The molecule has 0 bridgehead atoms. The van der Waals surface area contributed by atoms with Gasteiger partial charge in [0.25, 0.3) is 0 Å². The van der Waals surface area contributed by atoms with Crippen LogP contribution in [0, 0.1) is 13.8 Å². The summed E-state index contributed by atoms with van der Waals surface area (Å²) in [6.45, 7) is 5.38. The highest BCUT2D eigenvalue weighted by Gasteiger charge is 2.39. The molecule has 0 spiro atoms. The van der Waals surface area contributed by atoms with Crippen LogP contribution in [0.25, 0.3) is 0 Å². The van der Waals surface area contributed by atoms with Gasteiger partial charge < -0.3 is 9.64 Å². The number of rotatable bonds is 3.